The first-order valence-electron chi connectivity index (χ1n) is 7.08. The maximum atomic E-state index is 12.1. The van der Waals surface area contributed by atoms with Gasteiger partial charge in [-0.15, -0.1) is 0 Å². The van der Waals surface area contributed by atoms with Crippen LogP contribution in [-0.2, 0) is 14.3 Å². The van der Waals surface area contributed by atoms with Gasteiger partial charge >= 0.3 is 6.09 Å². The van der Waals surface area contributed by atoms with Crippen molar-refractivity contribution in [3.8, 4) is 0 Å². The number of carbonyl (C=O) groups excluding carboxylic acids is 3. The molecular formula is C15H25NO4. The number of amides is 1. The Bertz CT molecular complexity index is 397. The molecule has 0 unspecified atom stereocenters. The van der Waals surface area contributed by atoms with Gasteiger partial charge in [-0.2, -0.15) is 0 Å². The lowest BCUT2D eigenvalue weighted by Crippen LogP contribution is -2.47. The van der Waals surface area contributed by atoms with Gasteiger partial charge in [-0.3, -0.25) is 9.59 Å². The van der Waals surface area contributed by atoms with Gasteiger partial charge < -0.3 is 9.64 Å². The van der Waals surface area contributed by atoms with Crippen LogP contribution in [0.2, 0.25) is 0 Å². The van der Waals surface area contributed by atoms with Crippen LogP contribution >= 0.6 is 0 Å². The van der Waals surface area contributed by atoms with Crippen molar-refractivity contribution in [1.29, 1.82) is 0 Å². The molecule has 0 aromatic heterocycles. The van der Waals surface area contributed by atoms with Crippen molar-refractivity contribution < 1.29 is 19.1 Å². The molecule has 0 aliphatic carbocycles. The number of ether oxygens (including phenoxy) is 1. The molecule has 1 rings (SSSR count). The molecule has 1 heterocycles. The Morgan fingerprint density at radius 2 is 1.80 bits per heavy atom. The Kier molecular flexibility index (Phi) is 5.31. The number of likely N-dealkylation sites (tertiary alicyclic amines) is 1. The molecule has 0 spiro atoms. The van der Waals surface area contributed by atoms with E-state index in [1.54, 1.807) is 4.90 Å². The van der Waals surface area contributed by atoms with Crippen LogP contribution in [0.25, 0.3) is 0 Å². The van der Waals surface area contributed by atoms with E-state index in [9.17, 15) is 14.4 Å². The third kappa shape index (κ3) is 5.31. The highest BCUT2D eigenvalue weighted by atomic mass is 16.6. The Morgan fingerprint density at radius 1 is 1.20 bits per heavy atom. The lowest BCUT2D eigenvalue weighted by atomic mass is 9.86. The highest BCUT2D eigenvalue weighted by Crippen LogP contribution is 2.24. The Morgan fingerprint density at radius 3 is 2.30 bits per heavy atom. The zero-order valence-electron chi connectivity index (χ0n) is 13.1. The van der Waals surface area contributed by atoms with Crippen LogP contribution in [0, 0.1) is 11.8 Å². The number of nitrogens with zero attached hydrogens (tertiary/aromatic N) is 1. The molecule has 0 radical (unpaired) electrons. The van der Waals surface area contributed by atoms with E-state index >= 15 is 0 Å². The van der Waals surface area contributed by atoms with E-state index in [4.69, 9.17) is 4.74 Å². The van der Waals surface area contributed by atoms with Gasteiger partial charge in [0, 0.05) is 19.0 Å². The van der Waals surface area contributed by atoms with Crippen molar-refractivity contribution in [2.24, 2.45) is 11.8 Å². The van der Waals surface area contributed by atoms with Crippen LogP contribution in [-0.4, -0.2) is 41.3 Å². The average molecular weight is 283 g/mol. The second kappa shape index (κ2) is 6.37. The molecule has 2 atom stereocenters. The average Bonchev–Trinajstić information content (AvgIpc) is 2.24. The number of piperidine rings is 1. The summed E-state index contributed by atoms with van der Waals surface area (Å²) in [5.74, 6) is -0.220. The van der Waals surface area contributed by atoms with Gasteiger partial charge in [0.15, 0.2) is 0 Å². The molecule has 1 aliphatic heterocycles. The maximum Gasteiger partial charge on any atom is 0.410 e. The number of ketones is 2. The van der Waals surface area contributed by atoms with E-state index in [0.717, 1.165) is 6.42 Å². The number of Topliss-reactive ketones (excluding diaryl/α,β-unsaturated/α-hetero) is 2. The summed E-state index contributed by atoms with van der Waals surface area (Å²) in [6.45, 7) is 9.81. The van der Waals surface area contributed by atoms with Gasteiger partial charge in [-0.1, -0.05) is 6.92 Å². The predicted octanol–water partition coefficient (Wildman–Crippen LogP) is 2.43. The van der Waals surface area contributed by atoms with Crippen LogP contribution in [0.4, 0.5) is 4.79 Å². The highest BCUT2D eigenvalue weighted by Gasteiger charge is 2.34. The van der Waals surface area contributed by atoms with E-state index in [2.05, 4.69) is 0 Å². The van der Waals surface area contributed by atoms with Gasteiger partial charge in [0.2, 0.25) is 0 Å². The zero-order valence-corrected chi connectivity index (χ0v) is 13.1. The molecule has 5 nitrogen and oxygen atoms in total. The molecule has 1 fully saturated rings. The Hall–Kier alpha value is -1.39. The molecule has 0 aromatic carbocycles. The first-order chi connectivity index (χ1) is 9.08. The first-order valence-corrected chi connectivity index (χ1v) is 7.08. The fourth-order valence-electron chi connectivity index (χ4n) is 2.45. The summed E-state index contributed by atoms with van der Waals surface area (Å²) in [5.41, 5.74) is -0.545. The van der Waals surface area contributed by atoms with E-state index in [1.807, 2.05) is 27.7 Å². The molecular weight excluding hydrogens is 258 g/mol. The molecule has 0 saturated carbocycles. The van der Waals surface area contributed by atoms with Gasteiger partial charge in [0.25, 0.3) is 0 Å². The third-order valence-corrected chi connectivity index (χ3v) is 3.19. The number of hydrogen-bond donors (Lipinski definition) is 0. The van der Waals surface area contributed by atoms with E-state index in [-0.39, 0.29) is 35.9 Å². The van der Waals surface area contributed by atoms with Gasteiger partial charge in [0.05, 0.1) is 6.42 Å². The monoisotopic (exact) mass is 283 g/mol. The number of hydrogen-bond acceptors (Lipinski definition) is 4. The predicted molar refractivity (Wildman–Crippen MR) is 75.4 cm³/mol. The minimum absolute atomic E-state index is 0.0421. The van der Waals surface area contributed by atoms with Crippen LogP contribution in [0.15, 0.2) is 0 Å². The largest absolute Gasteiger partial charge is 0.444 e. The van der Waals surface area contributed by atoms with Gasteiger partial charge in [0.1, 0.15) is 17.2 Å². The topological polar surface area (TPSA) is 63.7 Å². The molecule has 0 aromatic rings. The van der Waals surface area contributed by atoms with Crippen LogP contribution in [0.3, 0.4) is 0 Å². The van der Waals surface area contributed by atoms with Crippen LogP contribution in [0.1, 0.15) is 47.5 Å². The summed E-state index contributed by atoms with van der Waals surface area (Å²) in [4.78, 5) is 36.7. The van der Waals surface area contributed by atoms with Crippen molar-refractivity contribution in [2.75, 3.05) is 13.1 Å². The van der Waals surface area contributed by atoms with Crippen molar-refractivity contribution in [1.82, 2.24) is 4.90 Å². The summed E-state index contributed by atoms with van der Waals surface area (Å²) in [5, 5.41) is 0. The molecule has 114 valence electrons. The molecule has 0 bridgehead atoms. The summed E-state index contributed by atoms with van der Waals surface area (Å²) in [6, 6.07) is 0. The van der Waals surface area contributed by atoms with Crippen LogP contribution < -0.4 is 0 Å². The lowest BCUT2D eigenvalue weighted by molar-refractivity contribution is -0.129. The van der Waals surface area contributed by atoms with Crippen molar-refractivity contribution >= 4 is 17.7 Å². The van der Waals surface area contributed by atoms with Gasteiger partial charge in [-0.25, -0.2) is 4.79 Å². The van der Waals surface area contributed by atoms with Crippen molar-refractivity contribution in [2.45, 2.75) is 53.1 Å². The molecule has 20 heavy (non-hydrogen) atoms. The summed E-state index contributed by atoms with van der Waals surface area (Å²) >= 11 is 0. The SMILES string of the molecule is CC(=O)CC(=O)[C@H]1C[C@@H](C)CN(C(=O)OC(C)(C)C)C1. The lowest BCUT2D eigenvalue weighted by Gasteiger charge is -2.36. The summed E-state index contributed by atoms with van der Waals surface area (Å²) in [6.07, 6.45) is 0.301. The van der Waals surface area contributed by atoms with Crippen molar-refractivity contribution in [3.05, 3.63) is 0 Å². The van der Waals surface area contributed by atoms with E-state index in [0.29, 0.717) is 13.1 Å². The summed E-state index contributed by atoms with van der Waals surface area (Å²) in [7, 11) is 0. The zero-order chi connectivity index (χ0) is 15.5. The molecule has 5 heteroatoms. The number of rotatable bonds is 3. The minimum Gasteiger partial charge on any atom is -0.444 e. The van der Waals surface area contributed by atoms with Crippen LogP contribution in [0.5, 0.6) is 0 Å². The second-order valence-electron chi connectivity index (χ2n) is 6.77. The minimum atomic E-state index is -0.545. The standard InChI is InChI=1S/C15H25NO4/c1-10-6-12(13(18)7-11(2)17)9-16(8-10)14(19)20-15(3,4)5/h10,12H,6-9H2,1-5H3/t10-,12+/m1/s1. The molecule has 1 saturated heterocycles. The Balaban J connectivity index is 2.68. The van der Waals surface area contributed by atoms with Gasteiger partial charge in [-0.05, 0) is 40.0 Å². The third-order valence-electron chi connectivity index (χ3n) is 3.19. The first kappa shape index (κ1) is 16.7. The summed E-state index contributed by atoms with van der Waals surface area (Å²) < 4.78 is 5.34. The Labute approximate surface area is 120 Å². The molecule has 0 N–H and O–H groups in total. The van der Waals surface area contributed by atoms with Crippen molar-refractivity contribution in [3.63, 3.8) is 0 Å². The smallest absolute Gasteiger partial charge is 0.410 e. The fourth-order valence-corrected chi connectivity index (χ4v) is 2.45. The highest BCUT2D eigenvalue weighted by molar-refractivity contribution is 5.99. The molecule has 1 amide bonds. The second-order valence-corrected chi connectivity index (χ2v) is 6.77. The number of carbonyl (C=O) groups is 3. The normalized spacial score (nSPS) is 23.4. The quantitative estimate of drug-likeness (QED) is 0.746. The van der Waals surface area contributed by atoms with E-state index < -0.39 is 5.60 Å². The molecule has 1 aliphatic rings. The van der Waals surface area contributed by atoms with E-state index in [1.165, 1.54) is 6.92 Å². The fraction of sp³-hybridized carbons (Fsp3) is 0.800. The maximum absolute atomic E-state index is 12.1.